The third kappa shape index (κ3) is 11.6. The van der Waals surface area contributed by atoms with Gasteiger partial charge in [0.05, 0.1) is 44.8 Å². The number of carbonyl (C=O) groups excluding carboxylic acids is 3. The summed E-state index contributed by atoms with van der Waals surface area (Å²) in [5.41, 5.74) is 3.62. The number of carboxylic acid groups (broad SMARTS) is 1. The van der Waals surface area contributed by atoms with Crippen LogP contribution in [0.3, 0.4) is 0 Å². The molecule has 0 aliphatic rings. The van der Waals surface area contributed by atoms with E-state index < -0.39 is 36.1 Å². The number of benzene rings is 3. The highest BCUT2D eigenvalue weighted by atomic mass is 16.5. The van der Waals surface area contributed by atoms with Crippen LogP contribution in [0.5, 0.6) is 11.5 Å². The number of rotatable bonds is 14. The minimum absolute atomic E-state index is 0.0381. The van der Waals surface area contributed by atoms with Gasteiger partial charge in [-0.1, -0.05) is 78.9 Å². The molecule has 19 nitrogen and oxygen atoms in total. The molecular weight excluding hydrogens is 805 g/mol. The van der Waals surface area contributed by atoms with Crippen molar-refractivity contribution in [3.05, 3.63) is 147 Å². The molecule has 0 spiro atoms. The van der Waals surface area contributed by atoms with E-state index in [2.05, 4.69) is 25.8 Å². The number of imidazole rings is 1. The van der Waals surface area contributed by atoms with Gasteiger partial charge in [-0.25, -0.2) is 33.5 Å². The molecule has 3 aromatic carbocycles. The molecule has 62 heavy (non-hydrogen) atoms. The van der Waals surface area contributed by atoms with Crippen LogP contribution in [-0.2, 0) is 52.6 Å². The van der Waals surface area contributed by atoms with E-state index in [1.54, 1.807) is 74.8 Å². The molecule has 19 heteroatoms. The summed E-state index contributed by atoms with van der Waals surface area (Å²) in [6, 6.07) is 20.3. The largest absolute Gasteiger partial charge is 0.494 e. The Morgan fingerprint density at radius 2 is 1.21 bits per heavy atom. The van der Waals surface area contributed by atoms with Crippen molar-refractivity contribution in [3.63, 3.8) is 0 Å². The van der Waals surface area contributed by atoms with Crippen LogP contribution in [-0.4, -0.2) is 91.7 Å². The van der Waals surface area contributed by atoms with Crippen LogP contribution in [0.15, 0.2) is 120 Å². The first-order chi connectivity index (χ1) is 29.8. The van der Waals surface area contributed by atoms with Gasteiger partial charge in [-0.2, -0.15) is 10.2 Å². The maximum Gasteiger partial charge on any atom is 0.408 e. The molecule has 0 bridgehead atoms. The minimum atomic E-state index is -1.18. The first-order valence-corrected chi connectivity index (χ1v) is 18.8. The minimum Gasteiger partial charge on any atom is -0.494 e. The zero-order valence-electron chi connectivity index (χ0n) is 34.4. The van der Waals surface area contributed by atoms with Gasteiger partial charge < -0.3 is 34.7 Å². The van der Waals surface area contributed by atoms with Crippen molar-refractivity contribution in [3.8, 4) is 33.8 Å². The quantitative estimate of drug-likeness (QED) is 0.133. The van der Waals surface area contributed by atoms with E-state index in [-0.39, 0.29) is 30.6 Å². The molecule has 0 aliphatic heterocycles. The van der Waals surface area contributed by atoms with E-state index in [9.17, 15) is 33.9 Å². The third-order valence-corrected chi connectivity index (χ3v) is 9.33. The van der Waals surface area contributed by atoms with E-state index in [4.69, 9.17) is 18.9 Å². The van der Waals surface area contributed by atoms with Crippen molar-refractivity contribution >= 4 is 24.1 Å². The number of methoxy groups -OCH3 is 3. The van der Waals surface area contributed by atoms with Gasteiger partial charge in [-0.05, 0) is 27.8 Å². The fraction of sp³-hybridized carbons (Fsp3) is 0.233. The van der Waals surface area contributed by atoms with Crippen LogP contribution in [0, 0.1) is 0 Å². The van der Waals surface area contributed by atoms with Gasteiger partial charge >= 0.3 is 24.1 Å². The van der Waals surface area contributed by atoms with Crippen LogP contribution in [0.1, 0.15) is 16.7 Å². The maximum atomic E-state index is 12.5. The Morgan fingerprint density at radius 3 is 1.66 bits per heavy atom. The number of aromatic nitrogens is 6. The molecule has 0 radical (unpaired) electrons. The predicted molar refractivity (Wildman–Crippen MR) is 223 cm³/mol. The van der Waals surface area contributed by atoms with Crippen molar-refractivity contribution in [2.45, 2.75) is 31.5 Å². The number of amides is 2. The van der Waals surface area contributed by atoms with Gasteiger partial charge in [-0.3, -0.25) is 14.2 Å². The molecule has 6 aromatic rings. The molecule has 0 saturated carbocycles. The van der Waals surface area contributed by atoms with Crippen molar-refractivity contribution in [1.82, 2.24) is 39.7 Å². The summed E-state index contributed by atoms with van der Waals surface area (Å²) in [6.45, 7) is 0.0381. The third-order valence-electron chi connectivity index (χ3n) is 9.33. The number of carbonyl (C=O) groups is 4. The van der Waals surface area contributed by atoms with Gasteiger partial charge in [0.15, 0.2) is 11.5 Å². The zero-order valence-corrected chi connectivity index (χ0v) is 34.4. The molecule has 0 aliphatic carbocycles. The predicted octanol–water partition coefficient (Wildman–Crippen LogP) is 3.37. The first-order valence-electron chi connectivity index (χ1n) is 18.8. The molecule has 0 fully saturated rings. The van der Waals surface area contributed by atoms with Gasteiger partial charge in [0.25, 0.3) is 11.1 Å². The summed E-state index contributed by atoms with van der Waals surface area (Å²) in [6.07, 6.45) is 6.63. The van der Waals surface area contributed by atoms with E-state index in [1.165, 1.54) is 66.4 Å². The maximum absolute atomic E-state index is 12.5. The summed E-state index contributed by atoms with van der Waals surface area (Å²) in [5.74, 6) is -1.05. The fourth-order valence-electron chi connectivity index (χ4n) is 6.02. The number of nitrogens with zero attached hydrogens (tertiary/aromatic N) is 6. The van der Waals surface area contributed by atoms with Crippen molar-refractivity contribution < 1.29 is 43.2 Å². The van der Waals surface area contributed by atoms with Crippen LogP contribution in [0.2, 0.25) is 0 Å². The molecule has 3 N–H and O–H groups in total. The van der Waals surface area contributed by atoms with Crippen molar-refractivity contribution in [2.24, 2.45) is 14.1 Å². The van der Waals surface area contributed by atoms with Gasteiger partial charge in [0, 0.05) is 39.3 Å². The highest BCUT2D eigenvalue weighted by Gasteiger charge is 2.24. The summed E-state index contributed by atoms with van der Waals surface area (Å²) < 4.78 is 24.1. The Labute approximate surface area is 354 Å². The van der Waals surface area contributed by atoms with E-state index in [1.807, 2.05) is 18.2 Å². The number of aliphatic carboxylic acids is 1. The van der Waals surface area contributed by atoms with Crippen LogP contribution < -0.4 is 31.2 Å². The number of alkyl carbamates (subject to hydrolysis) is 1. The zero-order chi connectivity index (χ0) is 44.8. The number of esters is 1. The fourth-order valence-corrected chi connectivity index (χ4v) is 6.02. The lowest BCUT2D eigenvalue weighted by molar-refractivity contribution is -0.143. The first kappa shape index (κ1) is 45.0. The standard InChI is InChI=1S/C23H23N3O6.C20H21N5O5/c1-26-21(27)20(19(31-2)13-24-26)17-10-8-15(9-11-17)12-18(22(28)29)25-23(30)32-14-16-6-4-3-5-7-16;1-24-18(26)17(16(29-2)11-22-24)14-6-4-13(5-7-14)10-15(19(27)30-3)23-20(28)25-9-8-21-12-25/h3-11,13,18H,12,14H2,1-2H3,(H,25,30)(H,28,29);4-9,11-12,15H,10H2,1-3H3,(H,23,28)/t18-;15-/m00/s1. The number of nitrogens with one attached hydrogen (secondary N) is 2. The molecule has 2 atom stereocenters. The monoisotopic (exact) mass is 848 g/mol. The number of aryl methyl sites for hydroxylation is 2. The second-order valence-electron chi connectivity index (χ2n) is 13.4. The van der Waals surface area contributed by atoms with Crippen LogP contribution >= 0.6 is 0 Å². The Bertz CT molecular complexity index is 2590. The van der Waals surface area contributed by atoms with Gasteiger partial charge in [-0.15, -0.1) is 0 Å². The number of ether oxygens (including phenoxy) is 4. The molecule has 0 unspecified atom stereocenters. The Kier molecular flexibility index (Phi) is 15.4. The SMILES string of the molecule is COC(=O)[C@H](Cc1ccc(-c2c(OC)cnn(C)c2=O)cc1)NC(=O)n1ccnc1.COc1cnn(C)c(=O)c1-c1ccc(C[C@H](NC(=O)OCc2ccccc2)C(=O)O)cc1. The molecular formula is C43H44N8O11. The smallest absolute Gasteiger partial charge is 0.408 e. The molecule has 2 amide bonds. The Balaban J connectivity index is 0.000000235. The average Bonchev–Trinajstić information content (AvgIpc) is 3.84. The Morgan fingerprint density at radius 1 is 0.694 bits per heavy atom. The van der Waals surface area contributed by atoms with Crippen LogP contribution in [0.4, 0.5) is 9.59 Å². The van der Waals surface area contributed by atoms with Gasteiger partial charge in [0.2, 0.25) is 0 Å². The topological polar surface area (TPSA) is 237 Å². The second kappa shape index (κ2) is 21.3. The van der Waals surface area contributed by atoms with Crippen molar-refractivity contribution in [1.29, 1.82) is 0 Å². The Hall–Kier alpha value is -8.09. The number of carboxylic acids is 1. The van der Waals surface area contributed by atoms with Crippen molar-refractivity contribution in [2.75, 3.05) is 21.3 Å². The highest BCUT2D eigenvalue weighted by molar-refractivity contribution is 5.85. The molecule has 322 valence electrons. The van der Waals surface area contributed by atoms with E-state index in [0.717, 1.165) is 11.1 Å². The summed E-state index contributed by atoms with van der Waals surface area (Å²) in [7, 11) is 7.28. The molecule has 3 aromatic heterocycles. The van der Waals surface area contributed by atoms with E-state index >= 15 is 0 Å². The lowest BCUT2D eigenvalue weighted by Gasteiger charge is -2.17. The number of hydrogen-bond acceptors (Lipinski definition) is 13. The average molecular weight is 849 g/mol. The molecule has 6 rings (SSSR count). The molecule has 3 heterocycles. The molecule has 0 saturated heterocycles. The van der Waals surface area contributed by atoms with Crippen LogP contribution in [0.25, 0.3) is 22.3 Å². The van der Waals surface area contributed by atoms with Gasteiger partial charge in [0.1, 0.15) is 25.0 Å². The normalized spacial score (nSPS) is 11.5. The summed E-state index contributed by atoms with van der Waals surface area (Å²) in [4.78, 5) is 76.8. The van der Waals surface area contributed by atoms with E-state index in [0.29, 0.717) is 39.3 Å². The summed E-state index contributed by atoms with van der Waals surface area (Å²) in [5, 5.41) is 22.4. The second-order valence-corrected chi connectivity index (χ2v) is 13.4. The highest BCUT2D eigenvalue weighted by Crippen LogP contribution is 2.27. The summed E-state index contributed by atoms with van der Waals surface area (Å²) >= 11 is 0. The lowest BCUT2D eigenvalue weighted by Crippen LogP contribution is -2.44. The number of hydrogen-bond donors (Lipinski definition) is 3. The lowest BCUT2D eigenvalue weighted by atomic mass is 10.0.